The average molecular weight is 254 g/mol. The van der Waals surface area contributed by atoms with Crippen LogP contribution in [0.1, 0.15) is 0 Å². The van der Waals surface area contributed by atoms with Crippen LogP contribution in [0, 0.1) is 16.4 Å². The summed E-state index contributed by atoms with van der Waals surface area (Å²) in [6, 6.07) is 4.12. The zero-order chi connectivity index (χ0) is 12.4. The summed E-state index contributed by atoms with van der Waals surface area (Å²) in [7, 11) is 1.43. The summed E-state index contributed by atoms with van der Waals surface area (Å²) in [6.07, 6.45) is 0.956. The van der Waals surface area contributed by atoms with Gasteiger partial charge in [-0.3, -0.25) is 0 Å². The number of benzene rings is 1. The first kappa shape index (κ1) is 11.7. The lowest BCUT2D eigenvalue weighted by atomic mass is 10.1. The fourth-order valence-corrected chi connectivity index (χ4v) is 1.56. The fourth-order valence-electron chi connectivity index (χ4n) is 1.40. The first-order valence-electron chi connectivity index (χ1n) is 4.70. The molecule has 88 valence electrons. The van der Waals surface area contributed by atoms with E-state index in [1.807, 2.05) is 0 Å². The van der Waals surface area contributed by atoms with Crippen LogP contribution in [0.3, 0.4) is 0 Å². The van der Waals surface area contributed by atoms with Gasteiger partial charge in [0.2, 0.25) is 0 Å². The fraction of sp³-hybridized carbons (Fsp3) is 0.0909. The third kappa shape index (κ3) is 2.31. The molecule has 0 unspecified atom stereocenters. The molecule has 3 nitrogen and oxygen atoms in total. The molecule has 0 fully saturated rings. The third-order valence-corrected chi connectivity index (χ3v) is 2.42. The van der Waals surface area contributed by atoms with E-state index in [0.717, 1.165) is 6.20 Å². The number of nitrogens with one attached hydrogen (secondary N) is 1. The number of ether oxygens (including phenoxy) is 1. The number of aromatic nitrogens is 2. The summed E-state index contributed by atoms with van der Waals surface area (Å²) in [5, 5.41) is 0. The lowest BCUT2D eigenvalue weighted by molar-refractivity contribution is 0.411. The average Bonchev–Trinajstić information content (AvgIpc) is 2.32. The Hall–Kier alpha value is -1.82. The minimum absolute atomic E-state index is 0.0230. The lowest BCUT2D eigenvalue weighted by Crippen LogP contribution is -1.95. The standard InChI is InChI=1S/C11H8F2N2OS/c1-16-6-2-3-7(8(12)4-6)10-9(13)5-14-11(17)15-10/h2-5H,1H3,(H,14,15,17). The number of halogens is 2. The van der Waals surface area contributed by atoms with Crippen molar-refractivity contribution in [2.75, 3.05) is 7.11 Å². The second kappa shape index (κ2) is 4.58. The van der Waals surface area contributed by atoms with Crippen molar-refractivity contribution in [3.63, 3.8) is 0 Å². The van der Waals surface area contributed by atoms with Gasteiger partial charge in [-0.05, 0) is 24.4 Å². The summed E-state index contributed by atoms with van der Waals surface area (Å²) in [4.78, 5) is 6.08. The van der Waals surface area contributed by atoms with E-state index in [-0.39, 0.29) is 16.0 Å². The van der Waals surface area contributed by atoms with Crippen molar-refractivity contribution >= 4 is 12.2 Å². The summed E-state index contributed by atoms with van der Waals surface area (Å²) >= 11 is 4.77. The molecule has 1 heterocycles. The van der Waals surface area contributed by atoms with Crippen molar-refractivity contribution in [2.24, 2.45) is 0 Å². The Balaban J connectivity index is 2.60. The van der Waals surface area contributed by atoms with E-state index in [2.05, 4.69) is 9.97 Å². The van der Waals surface area contributed by atoms with Gasteiger partial charge in [0, 0.05) is 11.6 Å². The van der Waals surface area contributed by atoms with Crippen LogP contribution in [0.5, 0.6) is 5.75 Å². The molecule has 1 aromatic heterocycles. The molecule has 0 aliphatic heterocycles. The van der Waals surface area contributed by atoms with Gasteiger partial charge in [-0.1, -0.05) is 0 Å². The Morgan fingerprint density at radius 1 is 1.29 bits per heavy atom. The van der Waals surface area contributed by atoms with Crippen LogP contribution >= 0.6 is 12.2 Å². The Bertz CT molecular complexity index is 613. The van der Waals surface area contributed by atoms with Crippen molar-refractivity contribution in [1.29, 1.82) is 0 Å². The van der Waals surface area contributed by atoms with Gasteiger partial charge in [-0.25, -0.2) is 13.8 Å². The monoisotopic (exact) mass is 254 g/mol. The zero-order valence-corrected chi connectivity index (χ0v) is 9.65. The summed E-state index contributed by atoms with van der Waals surface area (Å²) in [5.74, 6) is -0.901. The Kier molecular flexibility index (Phi) is 3.14. The quantitative estimate of drug-likeness (QED) is 0.837. The van der Waals surface area contributed by atoms with Crippen molar-refractivity contribution in [1.82, 2.24) is 9.97 Å². The molecule has 6 heteroatoms. The van der Waals surface area contributed by atoms with Gasteiger partial charge >= 0.3 is 0 Å². The van der Waals surface area contributed by atoms with Gasteiger partial charge < -0.3 is 9.72 Å². The molecule has 0 amide bonds. The number of H-pyrrole nitrogens is 1. The summed E-state index contributed by atoms with van der Waals surface area (Å²) in [5.41, 5.74) is 0.0574. The smallest absolute Gasteiger partial charge is 0.197 e. The van der Waals surface area contributed by atoms with Crippen LogP contribution in [0.4, 0.5) is 8.78 Å². The molecule has 0 saturated heterocycles. The van der Waals surface area contributed by atoms with Crippen LogP contribution in [-0.4, -0.2) is 17.1 Å². The molecule has 0 saturated carbocycles. The Morgan fingerprint density at radius 2 is 2.06 bits per heavy atom. The minimum atomic E-state index is -0.664. The van der Waals surface area contributed by atoms with Crippen LogP contribution in [-0.2, 0) is 0 Å². The van der Waals surface area contributed by atoms with E-state index in [0.29, 0.717) is 5.75 Å². The highest BCUT2D eigenvalue weighted by atomic mass is 32.1. The molecule has 17 heavy (non-hydrogen) atoms. The highest BCUT2D eigenvalue weighted by Crippen LogP contribution is 2.26. The normalized spacial score (nSPS) is 10.3. The maximum atomic E-state index is 13.7. The van der Waals surface area contributed by atoms with Crippen LogP contribution in [0.2, 0.25) is 0 Å². The molecule has 0 atom stereocenters. The van der Waals surface area contributed by atoms with Gasteiger partial charge in [0.25, 0.3) is 0 Å². The molecule has 2 rings (SSSR count). The number of aromatic amines is 1. The molecule has 1 N–H and O–H groups in total. The van der Waals surface area contributed by atoms with E-state index in [9.17, 15) is 8.78 Å². The minimum Gasteiger partial charge on any atom is -0.497 e. The van der Waals surface area contributed by atoms with E-state index >= 15 is 0 Å². The number of nitrogens with zero attached hydrogens (tertiary/aromatic N) is 1. The van der Waals surface area contributed by atoms with Gasteiger partial charge in [0.05, 0.1) is 19.0 Å². The second-order valence-corrected chi connectivity index (χ2v) is 3.64. The van der Waals surface area contributed by atoms with E-state index in [1.165, 1.54) is 25.3 Å². The van der Waals surface area contributed by atoms with Crippen molar-refractivity contribution in [3.05, 3.63) is 40.8 Å². The van der Waals surface area contributed by atoms with Crippen molar-refractivity contribution in [2.45, 2.75) is 0 Å². The number of hydrogen-bond acceptors (Lipinski definition) is 3. The largest absolute Gasteiger partial charge is 0.497 e. The van der Waals surface area contributed by atoms with Crippen molar-refractivity contribution < 1.29 is 13.5 Å². The topological polar surface area (TPSA) is 37.9 Å². The molecular formula is C11H8F2N2OS. The summed E-state index contributed by atoms with van der Waals surface area (Å²) < 4.78 is 32.2. The molecule has 0 spiro atoms. The molecule has 0 aliphatic carbocycles. The zero-order valence-electron chi connectivity index (χ0n) is 8.83. The van der Waals surface area contributed by atoms with Crippen LogP contribution < -0.4 is 4.74 Å². The molecule has 2 aromatic rings. The molecule has 0 aliphatic rings. The SMILES string of the molecule is COc1ccc(-c2[nH]c(=S)ncc2F)c(F)c1. The van der Waals surface area contributed by atoms with Gasteiger partial charge in [-0.2, -0.15) is 0 Å². The molecule has 0 radical (unpaired) electrons. The highest BCUT2D eigenvalue weighted by Gasteiger charge is 2.11. The molecule has 0 bridgehead atoms. The van der Waals surface area contributed by atoms with E-state index in [4.69, 9.17) is 17.0 Å². The number of hydrogen-bond donors (Lipinski definition) is 1. The lowest BCUT2D eigenvalue weighted by Gasteiger charge is -2.06. The van der Waals surface area contributed by atoms with Gasteiger partial charge in [-0.15, -0.1) is 0 Å². The molecule has 1 aromatic carbocycles. The highest BCUT2D eigenvalue weighted by molar-refractivity contribution is 7.71. The third-order valence-electron chi connectivity index (χ3n) is 2.21. The summed E-state index contributed by atoms with van der Waals surface area (Å²) in [6.45, 7) is 0. The Labute approximate surface area is 101 Å². The van der Waals surface area contributed by atoms with E-state index < -0.39 is 11.6 Å². The predicted octanol–water partition coefficient (Wildman–Crippen LogP) is 3.09. The van der Waals surface area contributed by atoms with Gasteiger partial charge in [0.1, 0.15) is 11.6 Å². The number of methoxy groups -OCH3 is 1. The van der Waals surface area contributed by atoms with Crippen LogP contribution in [0.25, 0.3) is 11.3 Å². The first-order valence-corrected chi connectivity index (χ1v) is 5.11. The second-order valence-electron chi connectivity index (χ2n) is 3.26. The number of rotatable bonds is 2. The van der Waals surface area contributed by atoms with Crippen molar-refractivity contribution in [3.8, 4) is 17.0 Å². The maximum absolute atomic E-state index is 13.7. The van der Waals surface area contributed by atoms with Crippen LogP contribution in [0.15, 0.2) is 24.4 Å². The Morgan fingerprint density at radius 3 is 2.71 bits per heavy atom. The molecular weight excluding hydrogens is 246 g/mol. The predicted molar refractivity (Wildman–Crippen MR) is 61.3 cm³/mol. The van der Waals surface area contributed by atoms with E-state index in [1.54, 1.807) is 0 Å². The maximum Gasteiger partial charge on any atom is 0.197 e. The van der Waals surface area contributed by atoms with Gasteiger partial charge in [0.15, 0.2) is 10.6 Å². The first-order chi connectivity index (χ1) is 8.11.